The molecule has 1 amide bonds. The predicted octanol–water partition coefficient (Wildman–Crippen LogP) is 2.62. The number of carbonyl (C=O) groups excluding carboxylic acids is 1. The van der Waals surface area contributed by atoms with E-state index in [0.717, 1.165) is 12.2 Å². The molecule has 1 saturated heterocycles. The van der Waals surface area contributed by atoms with Gasteiger partial charge in [-0.3, -0.25) is 14.9 Å². The van der Waals surface area contributed by atoms with E-state index >= 15 is 0 Å². The number of furan rings is 1. The summed E-state index contributed by atoms with van der Waals surface area (Å²) in [6.45, 7) is 3.05. The molecule has 1 atom stereocenters. The lowest BCUT2D eigenvalue weighted by Gasteiger charge is -2.15. The molecular formula is C17H18N4O4. The number of aromatic nitrogens is 1. The van der Waals surface area contributed by atoms with E-state index in [-0.39, 0.29) is 17.6 Å². The van der Waals surface area contributed by atoms with Crippen LogP contribution in [0, 0.1) is 17.0 Å². The van der Waals surface area contributed by atoms with Gasteiger partial charge in [-0.2, -0.15) is 0 Å². The second-order valence-corrected chi connectivity index (χ2v) is 5.85. The lowest BCUT2D eigenvalue weighted by Crippen LogP contribution is -2.30. The number of anilines is 1. The number of carbonyl (C=O) groups is 1. The van der Waals surface area contributed by atoms with E-state index < -0.39 is 4.92 Å². The molecule has 0 radical (unpaired) electrons. The molecule has 2 aromatic heterocycles. The summed E-state index contributed by atoms with van der Waals surface area (Å²) < 4.78 is 5.40. The minimum absolute atomic E-state index is 0.0490. The van der Waals surface area contributed by atoms with E-state index in [9.17, 15) is 14.9 Å². The fraction of sp³-hybridized carbons (Fsp3) is 0.294. The fourth-order valence-electron chi connectivity index (χ4n) is 2.67. The average Bonchev–Trinajstić information content (AvgIpc) is 3.22. The standard InChI is InChI=1S/C17H18N4O4/c1-12-2-4-15(25-12)5-7-17(22)20-9-8-13(11-20)19-16-6-3-14(10-18-16)21(23)24/h2-7,10,13H,8-9,11H2,1H3,(H,18,19)/b7-5-/t13-/m1/s1. The van der Waals surface area contributed by atoms with Crippen molar-refractivity contribution in [1.82, 2.24) is 9.88 Å². The topological polar surface area (TPSA) is 102 Å². The molecule has 25 heavy (non-hydrogen) atoms. The number of hydrogen-bond acceptors (Lipinski definition) is 6. The number of nitrogens with zero attached hydrogens (tertiary/aromatic N) is 3. The first kappa shape index (κ1) is 16.7. The zero-order valence-corrected chi connectivity index (χ0v) is 13.7. The predicted molar refractivity (Wildman–Crippen MR) is 92.0 cm³/mol. The summed E-state index contributed by atoms with van der Waals surface area (Å²) in [5, 5.41) is 13.8. The molecule has 3 rings (SSSR count). The van der Waals surface area contributed by atoms with Crippen molar-refractivity contribution in [3.63, 3.8) is 0 Å². The van der Waals surface area contributed by atoms with Crippen LogP contribution in [0.3, 0.4) is 0 Å². The van der Waals surface area contributed by atoms with Crippen LogP contribution in [-0.4, -0.2) is 39.8 Å². The van der Waals surface area contributed by atoms with Crippen molar-refractivity contribution in [2.24, 2.45) is 0 Å². The highest BCUT2D eigenvalue weighted by Gasteiger charge is 2.25. The molecule has 8 nitrogen and oxygen atoms in total. The number of pyridine rings is 1. The van der Waals surface area contributed by atoms with Crippen molar-refractivity contribution in [1.29, 1.82) is 0 Å². The largest absolute Gasteiger partial charge is 0.462 e. The van der Waals surface area contributed by atoms with Crippen LogP contribution in [0.1, 0.15) is 17.9 Å². The van der Waals surface area contributed by atoms with Crippen molar-refractivity contribution in [3.05, 3.63) is 58.2 Å². The molecule has 3 heterocycles. The van der Waals surface area contributed by atoms with Crippen molar-refractivity contribution >= 4 is 23.5 Å². The second-order valence-electron chi connectivity index (χ2n) is 5.85. The highest BCUT2D eigenvalue weighted by molar-refractivity contribution is 5.91. The number of hydrogen-bond donors (Lipinski definition) is 1. The smallest absolute Gasteiger partial charge is 0.287 e. The molecule has 0 aromatic carbocycles. The van der Waals surface area contributed by atoms with Gasteiger partial charge in [-0.05, 0) is 37.6 Å². The summed E-state index contributed by atoms with van der Waals surface area (Å²) in [7, 11) is 0. The van der Waals surface area contributed by atoms with Crippen LogP contribution in [-0.2, 0) is 4.79 Å². The first-order valence-electron chi connectivity index (χ1n) is 7.91. The van der Waals surface area contributed by atoms with Crippen LogP contribution in [0.4, 0.5) is 11.5 Å². The number of amides is 1. The molecule has 130 valence electrons. The molecule has 1 aliphatic heterocycles. The number of nitrogens with one attached hydrogen (secondary N) is 1. The van der Waals surface area contributed by atoms with E-state index in [1.165, 1.54) is 18.3 Å². The zero-order chi connectivity index (χ0) is 17.8. The quantitative estimate of drug-likeness (QED) is 0.509. The van der Waals surface area contributed by atoms with Crippen LogP contribution >= 0.6 is 0 Å². The molecule has 0 saturated carbocycles. The first-order valence-corrected chi connectivity index (χ1v) is 7.91. The van der Waals surface area contributed by atoms with Crippen LogP contribution in [0.25, 0.3) is 6.08 Å². The Morgan fingerprint density at radius 2 is 2.28 bits per heavy atom. The van der Waals surface area contributed by atoms with E-state index in [0.29, 0.717) is 24.7 Å². The Morgan fingerprint density at radius 1 is 1.44 bits per heavy atom. The Morgan fingerprint density at radius 3 is 2.92 bits per heavy atom. The Hall–Kier alpha value is -3.16. The summed E-state index contributed by atoms with van der Waals surface area (Å²) >= 11 is 0. The van der Waals surface area contributed by atoms with Gasteiger partial charge in [-0.1, -0.05) is 0 Å². The van der Waals surface area contributed by atoms with Crippen LogP contribution in [0.15, 0.2) is 41.0 Å². The minimum atomic E-state index is -0.487. The Labute approximate surface area is 144 Å². The van der Waals surface area contributed by atoms with Crippen LogP contribution in [0.5, 0.6) is 0 Å². The number of likely N-dealkylation sites (tertiary alicyclic amines) is 1. The normalized spacial score (nSPS) is 17.2. The van der Waals surface area contributed by atoms with Crippen molar-refractivity contribution < 1.29 is 14.1 Å². The van der Waals surface area contributed by atoms with Crippen LogP contribution in [0.2, 0.25) is 0 Å². The fourth-order valence-corrected chi connectivity index (χ4v) is 2.67. The number of nitro groups is 1. The van der Waals surface area contributed by atoms with Gasteiger partial charge in [0.2, 0.25) is 5.91 Å². The molecule has 8 heteroatoms. The zero-order valence-electron chi connectivity index (χ0n) is 13.7. The Kier molecular flexibility index (Phi) is 4.78. The lowest BCUT2D eigenvalue weighted by molar-refractivity contribution is -0.385. The molecule has 0 bridgehead atoms. The third-order valence-corrected chi connectivity index (χ3v) is 3.96. The van der Waals surface area contributed by atoms with Gasteiger partial charge in [0.05, 0.1) is 4.92 Å². The highest BCUT2D eigenvalue weighted by Crippen LogP contribution is 2.17. The maximum absolute atomic E-state index is 12.2. The van der Waals surface area contributed by atoms with E-state index in [1.807, 2.05) is 19.1 Å². The summed E-state index contributed by atoms with van der Waals surface area (Å²) in [6.07, 6.45) is 5.17. The van der Waals surface area contributed by atoms with Crippen molar-refractivity contribution in [2.75, 3.05) is 18.4 Å². The molecule has 1 fully saturated rings. The van der Waals surface area contributed by atoms with Gasteiger partial charge >= 0.3 is 0 Å². The second kappa shape index (κ2) is 7.16. The minimum Gasteiger partial charge on any atom is -0.462 e. The monoisotopic (exact) mass is 342 g/mol. The summed E-state index contributed by atoms with van der Waals surface area (Å²) in [6, 6.07) is 6.70. The number of aryl methyl sites for hydroxylation is 1. The molecular weight excluding hydrogens is 324 g/mol. The van der Waals surface area contributed by atoms with Crippen molar-refractivity contribution in [2.45, 2.75) is 19.4 Å². The van der Waals surface area contributed by atoms with E-state index in [1.54, 1.807) is 17.0 Å². The summed E-state index contributed by atoms with van der Waals surface area (Å²) in [4.78, 5) is 28.1. The van der Waals surface area contributed by atoms with Gasteiger partial charge in [0.15, 0.2) is 0 Å². The lowest BCUT2D eigenvalue weighted by atomic mass is 10.2. The van der Waals surface area contributed by atoms with E-state index in [2.05, 4.69) is 10.3 Å². The van der Waals surface area contributed by atoms with Gasteiger partial charge in [0.25, 0.3) is 5.69 Å². The summed E-state index contributed by atoms with van der Waals surface area (Å²) in [5.74, 6) is 1.93. The molecule has 0 unspecified atom stereocenters. The van der Waals surface area contributed by atoms with Gasteiger partial charge in [0.1, 0.15) is 23.5 Å². The Bertz CT molecular complexity index is 797. The maximum Gasteiger partial charge on any atom is 0.287 e. The molecule has 2 aromatic rings. The van der Waals surface area contributed by atoms with Crippen LogP contribution < -0.4 is 5.32 Å². The van der Waals surface area contributed by atoms with E-state index in [4.69, 9.17) is 4.42 Å². The molecule has 1 N–H and O–H groups in total. The third-order valence-electron chi connectivity index (χ3n) is 3.96. The third kappa shape index (κ3) is 4.23. The SMILES string of the molecule is Cc1ccc(/C=C\C(=O)N2CC[C@@H](Nc3ccc([N+](=O)[O-])cn3)C2)o1. The van der Waals surface area contributed by atoms with Crippen molar-refractivity contribution in [3.8, 4) is 0 Å². The van der Waals surface area contributed by atoms with Gasteiger partial charge in [-0.15, -0.1) is 0 Å². The molecule has 0 spiro atoms. The van der Waals surface area contributed by atoms with Gasteiger partial charge in [0, 0.05) is 31.3 Å². The maximum atomic E-state index is 12.2. The van der Waals surface area contributed by atoms with Gasteiger partial charge in [-0.25, -0.2) is 4.98 Å². The first-order chi connectivity index (χ1) is 12.0. The molecule has 0 aliphatic carbocycles. The molecule has 1 aliphatic rings. The summed E-state index contributed by atoms with van der Waals surface area (Å²) in [5.41, 5.74) is -0.0490. The van der Waals surface area contributed by atoms with Gasteiger partial charge < -0.3 is 14.6 Å². The number of rotatable bonds is 5. The highest BCUT2D eigenvalue weighted by atomic mass is 16.6. The average molecular weight is 342 g/mol. The Balaban J connectivity index is 1.53.